The van der Waals surface area contributed by atoms with Crippen molar-refractivity contribution in [2.24, 2.45) is 11.8 Å². The minimum atomic E-state index is -0.823. The zero-order valence-electron chi connectivity index (χ0n) is 24.3. The van der Waals surface area contributed by atoms with Gasteiger partial charge >= 0.3 is 0 Å². The first kappa shape index (κ1) is 29.9. The number of aliphatic hydroxyl groups excluding tert-OH is 1. The molecule has 2 bridgehead atoms. The molecule has 0 aromatic heterocycles. The molecule has 5 atom stereocenters. The second-order valence-corrected chi connectivity index (χ2v) is 13.3. The van der Waals surface area contributed by atoms with E-state index in [1.807, 2.05) is 42.5 Å². The Morgan fingerprint density at radius 1 is 1.07 bits per heavy atom. The number of fused-ring (bicyclic) bond motifs is 1. The number of hydrogen-bond donors (Lipinski definition) is 1. The Hall–Kier alpha value is -3.56. The maximum atomic E-state index is 14.6. The van der Waals surface area contributed by atoms with E-state index in [9.17, 15) is 19.5 Å². The molecule has 0 aliphatic carbocycles. The predicted molar refractivity (Wildman–Crippen MR) is 165 cm³/mol. The van der Waals surface area contributed by atoms with E-state index in [2.05, 4.69) is 20.1 Å². The Morgan fingerprint density at radius 3 is 2.38 bits per heavy atom. The lowest BCUT2D eigenvalue weighted by molar-refractivity contribution is -0.145. The Balaban J connectivity index is 1.53. The summed E-state index contributed by atoms with van der Waals surface area (Å²) < 4.78 is 4.02. The number of methoxy groups -OCH3 is 1. The topological polar surface area (TPSA) is 90.4 Å². The molecular weight excluding hydrogens is 550 g/mol. The van der Waals surface area contributed by atoms with Crippen LogP contribution in [-0.4, -0.2) is 81.5 Å². The molecule has 42 heavy (non-hydrogen) atoms. The fraction of sp³-hybridized carbons (Fsp3) is 0.424. The zero-order chi connectivity index (χ0) is 30.1. The van der Waals surface area contributed by atoms with Crippen molar-refractivity contribution in [1.29, 1.82) is 0 Å². The van der Waals surface area contributed by atoms with Crippen LogP contribution in [0.2, 0.25) is 0 Å². The number of β-amino-alcohol motifs (C(OH)–C–C–N with tert-alkyl or cyclic N) is 1. The summed E-state index contributed by atoms with van der Waals surface area (Å²) >= 11 is 1.63. The Morgan fingerprint density at radius 2 is 1.76 bits per heavy atom. The van der Waals surface area contributed by atoms with E-state index >= 15 is 0 Å². The molecule has 3 aliphatic heterocycles. The van der Waals surface area contributed by atoms with Gasteiger partial charge in [-0.1, -0.05) is 42.5 Å². The van der Waals surface area contributed by atoms with E-state index in [-0.39, 0.29) is 37.4 Å². The number of anilines is 1. The summed E-state index contributed by atoms with van der Waals surface area (Å²) in [7, 11) is 1.58. The molecule has 3 heterocycles. The number of likely N-dealkylation sites (tertiary alicyclic amines) is 1. The largest absolute Gasteiger partial charge is 0.497 e. The fourth-order valence-corrected chi connectivity index (χ4v) is 9.52. The van der Waals surface area contributed by atoms with Gasteiger partial charge in [0.25, 0.3) is 5.91 Å². The first-order valence-corrected chi connectivity index (χ1v) is 15.2. The molecule has 1 N–H and O–H groups in total. The van der Waals surface area contributed by atoms with Gasteiger partial charge in [-0.15, -0.1) is 24.9 Å². The van der Waals surface area contributed by atoms with Gasteiger partial charge in [-0.25, -0.2) is 0 Å². The Labute approximate surface area is 252 Å². The van der Waals surface area contributed by atoms with Crippen molar-refractivity contribution < 1.29 is 24.2 Å². The lowest BCUT2D eigenvalue weighted by Gasteiger charge is -2.38. The molecule has 2 unspecified atom stereocenters. The highest BCUT2D eigenvalue weighted by molar-refractivity contribution is 8.02. The highest BCUT2D eigenvalue weighted by atomic mass is 32.2. The minimum Gasteiger partial charge on any atom is -0.497 e. The van der Waals surface area contributed by atoms with Crippen molar-refractivity contribution in [2.45, 2.75) is 41.8 Å². The van der Waals surface area contributed by atoms with Crippen LogP contribution in [0.15, 0.2) is 79.9 Å². The number of nitrogens with zero attached hydrogens (tertiary/aromatic N) is 3. The number of thioether (sulfide) groups is 1. The van der Waals surface area contributed by atoms with Crippen molar-refractivity contribution in [3.63, 3.8) is 0 Å². The minimum absolute atomic E-state index is 0.0244. The molecule has 1 spiro atoms. The van der Waals surface area contributed by atoms with Crippen molar-refractivity contribution in [3.05, 3.63) is 85.5 Å². The van der Waals surface area contributed by atoms with Gasteiger partial charge in [-0.2, -0.15) is 0 Å². The van der Waals surface area contributed by atoms with Gasteiger partial charge in [0.1, 0.15) is 11.8 Å². The number of benzene rings is 2. The van der Waals surface area contributed by atoms with Crippen LogP contribution in [0.5, 0.6) is 5.75 Å². The maximum absolute atomic E-state index is 14.6. The molecule has 0 saturated carbocycles. The van der Waals surface area contributed by atoms with E-state index in [4.69, 9.17) is 4.74 Å². The molecule has 3 amide bonds. The fourth-order valence-electron chi connectivity index (χ4n) is 7.18. The van der Waals surface area contributed by atoms with E-state index in [0.29, 0.717) is 37.4 Å². The van der Waals surface area contributed by atoms with Crippen LogP contribution in [-0.2, 0) is 20.9 Å². The summed E-state index contributed by atoms with van der Waals surface area (Å²) in [6.07, 6.45) is 4.72. The summed E-state index contributed by atoms with van der Waals surface area (Å²) in [4.78, 5) is 48.2. The smallest absolute Gasteiger partial charge is 0.251 e. The lowest BCUT2D eigenvalue weighted by atomic mass is 9.66. The van der Waals surface area contributed by atoms with Crippen LogP contribution < -0.4 is 9.64 Å². The molecule has 5 rings (SSSR count). The third kappa shape index (κ3) is 4.92. The summed E-state index contributed by atoms with van der Waals surface area (Å²) in [5, 5.41) is 10.00. The normalized spacial score (nSPS) is 27.5. The molecule has 222 valence electrons. The molecule has 3 aliphatic rings. The number of rotatable bonds is 12. The third-order valence-corrected chi connectivity index (χ3v) is 10.9. The van der Waals surface area contributed by atoms with Gasteiger partial charge in [0.05, 0.1) is 30.3 Å². The van der Waals surface area contributed by atoms with Gasteiger partial charge in [-0.3, -0.25) is 14.4 Å². The lowest BCUT2D eigenvalue weighted by Crippen LogP contribution is -2.55. The molecule has 3 saturated heterocycles. The Bertz CT molecular complexity index is 1350. The molecule has 3 fully saturated rings. The van der Waals surface area contributed by atoms with Gasteiger partial charge in [0.2, 0.25) is 11.8 Å². The van der Waals surface area contributed by atoms with Crippen molar-refractivity contribution in [3.8, 4) is 5.75 Å². The van der Waals surface area contributed by atoms with E-state index in [0.717, 1.165) is 5.56 Å². The zero-order valence-corrected chi connectivity index (χ0v) is 25.1. The summed E-state index contributed by atoms with van der Waals surface area (Å²) in [5.41, 5.74) is 1.66. The molecule has 2 aromatic carbocycles. The van der Waals surface area contributed by atoms with E-state index in [1.165, 1.54) is 4.90 Å². The quantitative estimate of drug-likeness (QED) is 0.378. The van der Waals surface area contributed by atoms with Crippen LogP contribution in [0, 0.1) is 11.8 Å². The van der Waals surface area contributed by atoms with Crippen molar-refractivity contribution >= 4 is 35.2 Å². The van der Waals surface area contributed by atoms with Gasteiger partial charge in [0.15, 0.2) is 0 Å². The number of hydrogen-bond acceptors (Lipinski definition) is 6. The second kappa shape index (κ2) is 12.0. The first-order chi connectivity index (χ1) is 20.2. The van der Waals surface area contributed by atoms with Crippen LogP contribution in [0.1, 0.15) is 25.3 Å². The molecule has 8 nitrogen and oxygen atoms in total. The van der Waals surface area contributed by atoms with Crippen LogP contribution in [0.4, 0.5) is 5.69 Å². The maximum Gasteiger partial charge on any atom is 0.251 e. The van der Waals surface area contributed by atoms with Crippen LogP contribution in [0.25, 0.3) is 0 Å². The Kier molecular flexibility index (Phi) is 8.53. The number of aliphatic hydroxyl groups is 1. The third-order valence-electron chi connectivity index (χ3n) is 8.96. The highest BCUT2D eigenvalue weighted by Crippen LogP contribution is 2.71. The van der Waals surface area contributed by atoms with Gasteiger partial charge in [-0.05, 0) is 49.6 Å². The summed E-state index contributed by atoms with van der Waals surface area (Å²) in [5.74, 6) is -1.16. The average Bonchev–Trinajstić information content (AvgIpc) is 3.56. The van der Waals surface area contributed by atoms with Crippen LogP contribution >= 0.6 is 11.8 Å². The predicted octanol–water partition coefficient (Wildman–Crippen LogP) is 3.90. The summed E-state index contributed by atoms with van der Waals surface area (Å²) in [6, 6.07) is 16.2. The number of carbonyl (C=O) groups is 3. The first-order valence-electron chi connectivity index (χ1n) is 14.4. The van der Waals surface area contributed by atoms with Gasteiger partial charge in [0, 0.05) is 36.6 Å². The van der Waals surface area contributed by atoms with Crippen molar-refractivity contribution in [2.75, 3.05) is 38.3 Å². The molecular formula is C33H39N3O5S. The number of ether oxygens (including phenoxy) is 1. The highest BCUT2D eigenvalue weighted by Gasteiger charge is 2.77. The van der Waals surface area contributed by atoms with E-state index < -0.39 is 27.4 Å². The van der Waals surface area contributed by atoms with Gasteiger partial charge < -0.3 is 24.5 Å². The SMILES string of the molecule is C=CCN(Cc1ccccc1)C(=O)[C@@H]1[C@H]2C(=O)N(CCO)C(C(=O)N(CC=C)c3ccc(OC)cc3)C23CC[C@@]1(C)S3. The number of amides is 3. The molecule has 9 heteroatoms. The summed E-state index contributed by atoms with van der Waals surface area (Å²) in [6.45, 7) is 10.6. The molecule has 2 aromatic rings. The number of carbonyl (C=O) groups excluding carboxylic acids is 3. The van der Waals surface area contributed by atoms with Crippen LogP contribution in [0.3, 0.4) is 0 Å². The molecule has 0 radical (unpaired) electrons. The van der Waals surface area contributed by atoms with Crippen molar-refractivity contribution in [1.82, 2.24) is 9.80 Å². The monoisotopic (exact) mass is 589 g/mol. The standard InChI is InChI=1S/C33H39N3O5S/c1-5-18-34(22-23-10-8-7-9-11-23)29(38)26-27-30(39)36(20-21-37)28(33(27)17-16-32(26,3)42-33)31(40)35(19-6-2)24-12-14-25(41-4)15-13-24/h5-15,26-28,37H,1-2,16-22H2,3-4H3/t26-,27-,28?,32+,33?/m0/s1. The average molecular weight is 590 g/mol. The van der Waals surface area contributed by atoms with E-state index in [1.54, 1.807) is 53.0 Å². The second-order valence-electron chi connectivity index (χ2n) is 11.4.